The molecule has 7 nitrogen and oxygen atoms in total. The van der Waals surface area contributed by atoms with Gasteiger partial charge in [0, 0.05) is 25.6 Å². The highest BCUT2D eigenvalue weighted by molar-refractivity contribution is 5.82. The van der Waals surface area contributed by atoms with Crippen LogP contribution in [0.2, 0.25) is 0 Å². The molecule has 1 aliphatic rings. The van der Waals surface area contributed by atoms with Crippen LogP contribution in [0.3, 0.4) is 0 Å². The Bertz CT molecular complexity index is 478. The van der Waals surface area contributed by atoms with Crippen molar-refractivity contribution in [3.63, 3.8) is 0 Å². The molecule has 2 N–H and O–H groups in total. The Morgan fingerprint density at radius 3 is 2.24 bits per heavy atom. The molecule has 25 heavy (non-hydrogen) atoms. The smallest absolute Gasteiger partial charge is 0.410 e. The maximum absolute atomic E-state index is 12.1. The van der Waals surface area contributed by atoms with Crippen LogP contribution < -0.4 is 5.32 Å². The lowest BCUT2D eigenvalue weighted by Gasteiger charge is -2.35. The van der Waals surface area contributed by atoms with E-state index in [0.29, 0.717) is 25.9 Å². The zero-order chi connectivity index (χ0) is 19.2. The molecule has 1 heterocycles. The number of carbonyl (C=O) groups is 3. The molecule has 2 amide bonds. The number of carbonyl (C=O) groups excluding carboxylic acids is 2. The van der Waals surface area contributed by atoms with Crippen molar-refractivity contribution in [1.82, 2.24) is 10.2 Å². The van der Waals surface area contributed by atoms with Gasteiger partial charge in [-0.25, -0.2) is 4.79 Å². The summed E-state index contributed by atoms with van der Waals surface area (Å²) in [6, 6.07) is 0.0379. The van der Waals surface area contributed by atoms with Crippen LogP contribution in [-0.2, 0) is 14.3 Å². The molecular formula is C18H32N2O5. The zero-order valence-electron chi connectivity index (χ0n) is 16.0. The molecule has 144 valence electrons. The second kappa shape index (κ2) is 9.06. The Hall–Kier alpha value is -1.79. The van der Waals surface area contributed by atoms with E-state index in [0.717, 1.165) is 6.42 Å². The molecule has 0 aliphatic carbocycles. The molecule has 1 fully saturated rings. The first kappa shape index (κ1) is 21.3. The van der Waals surface area contributed by atoms with Gasteiger partial charge < -0.3 is 20.1 Å². The van der Waals surface area contributed by atoms with Gasteiger partial charge in [-0.15, -0.1) is 0 Å². The van der Waals surface area contributed by atoms with Crippen molar-refractivity contribution in [3.8, 4) is 0 Å². The maximum atomic E-state index is 12.1. The summed E-state index contributed by atoms with van der Waals surface area (Å²) < 4.78 is 5.35. The molecule has 1 rings (SSSR count). The first-order valence-corrected chi connectivity index (χ1v) is 9.03. The van der Waals surface area contributed by atoms with Crippen molar-refractivity contribution in [2.45, 2.75) is 71.9 Å². The summed E-state index contributed by atoms with van der Waals surface area (Å²) in [5, 5.41) is 12.3. The van der Waals surface area contributed by atoms with E-state index in [1.54, 1.807) is 4.90 Å². The molecule has 0 radical (unpaired) electrons. The van der Waals surface area contributed by atoms with Crippen molar-refractivity contribution in [2.75, 3.05) is 13.1 Å². The van der Waals surface area contributed by atoms with Gasteiger partial charge in [0.1, 0.15) is 5.60 Å². The predicted molar refractivity (Wildman–Crippen MR) is 94.2 cm³/mol. The summed E-state index contributed by atoms with van der Waals surface area (Å²) in [4.78, 5) is 37.3. The topological polar surface area (TPSA) is 95.9 Å². The molecule has 0 aromatic heterocycles. The number of aliphatic carboxylic acids is 1. The highest BCUT2D eigenvalue weighted by Crippen LogP contribution is 2.28. The fraction of sp³-hybridized carbons (Fsp3) is 0.833. The SMILES string of the molecule is CCC(C)NC(=O)CC(C(=O)O)C1CCN(C(=O)OC(C)(C)C)CC1. The Morgan fingerprint density at radius 2 is 1.80 bits per heavy atom. The van der Waals surface area contributed by atoms with Gasteiger partial charge in [0.2, 0.25) is 5.91 Å². The quantitative estimate of drug-likeness (QED) is 0.763. The largest absolute Gasteiger partial charge is 0.481 e. The molecule has 1 aliphatic heterocycles. The summed E-state index contributed by atoms with van der Waals surface area (Å²) in [5.41, 5.74) is -0.550. The highest BCUT2D eigenvalue weighted by Gasteiger charge is 2.35. The van der Waals surface area contributed by atoms with Crippen LogP contribution in [0.15, 0.2) is 0 Å². The maximum Gasteiger partial charge on any atom is 0.410 e. The Kier molecular flexibility index (Phi) is 7.70. The van der Waals surface area contributed by atoms with E-state index in [1.165, 1.54) is 0 Å². The van der Waals surface area contributed by atoms with E-state index in [9.17, 15) is 19.5 Å². The Labute approximate surface area is 150 Å². The molecule has 0 aromatic carbocycles. The molecule has 2 atom stereocenters. The lowest BCUT2D eigenvalue weighted by atomic mass is 9.82. The van der Waals surface area contributed by atoms with Gasteiger partial charge in [0.15, 0.2) is 0 Å². The number of rotatable bonds is 6. The van der Waals surface area contributed by atoms with Crippen molar-refractivity contribution >= 4 is 18.0 Å². The molecule has 0 spiro atoms. The Morgan fingerprint density at radius 1 is 1.24 bits per heavy atom. The van der Waals surface area contributed by atoms with E-state index in [-0.39, 0.29) is 30.4 Å². The first-order chi connectivity index (χ1) is 11.5. The van der Waals surface area contributed by atoms with Crippen LogP contribution in [0.1, 0.15) is 60.3 Å². The fourth-order valence-corrected chi connectivity index (χ4v) is 2.90. The second-order valence-corrected chi connectivity index (χ2v) is 7.83. The highest BCUT2D eigenvalue weighted by atomic mass is 16.6. The number of piperidine rings is 1. The van der Waals surface area contributed by atoms with Crippen LogP contribution in [0.5, 0.6) is 0 Å². The first-order valence-electron chi connectivity index (χ1n) is 9.03. The summed E-state index contributed by atoms with van der Waals surface area (Å²) in [6.07, 6.45) is 1.54. The number of nitrogens with one attached hydrogen (secondary N) is 1. The van der Waals surface area contributed by atoms with Crippen molar-refractivity contribution in [3.05, 3.63) is 0 Å². The molecule has 7 heteroatoms. The van der Waals surface area contributed by atoms with Gasteiger partial charge in [0.25, 0.3) is 0 Å². The lowest BCUT2D eigenvalue weighted by molar-refractivity contribution is -0.147. The predicted octanol–water partition coefficient (Wildman–Crippen LogP) is 2.64. The summed E-state index contributed by atoms with van der Waals surface area (Å²) in [6.45, 7) is 10.2. The van der Waals surface area contributed by atoms with Gasteiger partial charge in [-0.2, -0.15) is 0 Å². The van der Waals surface area contributed by atoms with Crippen molar-refractivity contribution in [2.24, 2.45) is 11.8 Å². The second-order valence-electron chi connectivity index (χ2n) is 7.83. The summed E-state index contributed by atoms with van der Waals surface area (Å²) >= 11 is 0. The molecule has 0 aromatic rings. The third kappa shape index (κ3) is 7.32. The van der Waals surface area contributed by atoms with E-state index in [4.69, 9.17) is 4.74 Å². The van der Waals surface area contributed by atoms with Gasteiger partial charge in [0.05, 0.1) is 5.92 Å². The number of carboxylic acid groups (broad SMARTS) is 1. The normalized spacial score (nSPS) is 18.4. The number of nitrogens with zero attached hydrogens (tertiary/aromatic N) is 1. The molecule has 1 saturated heterocycles. The molecule has 2 unspecified atom stereocenters. The van der Waals surface area contributed by atoms with Crippen molar-refractivity contribution in [1.29, 1.82) is 0 Å². The average Bonchev–Trinajstić information content (AvgIpc) is 2.50. The van der Waals surface area contributed by atoms with E-state index in [2.05, 4.69) is 5.32 Å². The summed E-state index contributed by atoms with van der Waals surface area (Å²) in [5.74, 6) is -2.00. The van der Waals surface area contributed by atoms with Crippen molar-refractivity contribution < 1.29 is 24.2 Å². The molecule has 0 saturated carbocycles. The van der Waals surface area contributed by atoms with Crippen LogP contribution in [-0.4, -0.2) is 52.7 Å². The number of ether oxygens (including phenoxy) is 1. The van der Waals surface area contributed by atoms with E-state index in [1.807, 2.05) is 34.6 Å². The number of hydrogen-bond donors (Lipinski definition) is 2. The standard InChI is InChI=1S/C18H32N2O5/c1-6-12(2)19-15(21)11-14(16(22)23)13-7-9-20(10-8-13)17(24)25-18(3,4)5/h12-14H,6-11H2,1-5H3,(H,19,21)(H,22,23). The minimum atomic E-state index is -0.949. The van der Waals surface area contributed by atoms with Gasteiger partial charge >= 0.3 is 12.1 Å². The van der Waals surface area contributed by atoms with Gasteiger partial charge in [-0.3, -0.25) is 9.59 Å². The van der Waals surface area contributed by atoms with Crippen LogP contribution in [0.4, 0.5) is 4.79 Å². The summed E-state index contributed by atoms with van der Waals surface area (Å²) in [7, 11) is 0. The molecule has 0 bridgehead atoms. The van der Waals surface area contributed by atoms with Crippen LogP contribution >= 0.6 is 0 Å². The average molecular weight is 356 g/mol. The lowest BCUT2D eigenvalue weighted by Crippen LogP contribution is -2.44. The van der Waals surface area contributed by atoms with Gasteiger partial charge in [-0.05, 0) is 52.9 Å². The monoisotopic (exact) mass is 356 g/mol. The van der Waals surface area contributed by atoms with Crippen LogP contribution in [0.25, 0.3) is 0 Å². The fourth-order valence-electron chi connectivity index (χ4n) is 2.90. The number of likely N-dealkylation sites (tertiary alicyclic amines) is 1. The number of carboxylic acids is 1. The number of amides is 2. The van der Waals surface area contributed by atoms with E-state index < -0.39 is 17.5 Å². The minimum absolute atomic E-state index is 0.0171. The molecular weight excluding hydrogens is 324 g/mol. The van der Waals surface area contributed by atoms with E-state index >= 15 is 0 Å². The Balaban J connectivity index is 2.58. The number of hydrogen-bond acceptors (Lipinski definition) is 4. The van der Waals surface area contributed by atoms with Gasteiger partial charge in [-0.1, -0.05) is 6.92 Å². The third-order valence-corrected chi connectivity index (χ3v) is 4.50. The van der Waals surface area contributed by atoms with Crippen LogP contribution in [0, 0.1) is 11.8 Å². The third-order valence-electron chi connectivity index (χ3n) is 4.50. The minimum Gasteiger partial charge on any atom is -0.481 e. The zero-order valence-corrected chi connectivity index (χ0v) is 16.0.